The van der Waals surface area contributed by atoms with Crippen LogP contribution in [0.3, 0.4) is 0 Å². The summed E-state index contributed by atoms with van der Waals surface area (Å²) in [7, 11) is 0. The number of aromatic amines is 1. The molecule has 1 aliphatic heterocycles. The van der Waals surface area contributed by atoms with Crippen molar-refractivity contribution < 1.29 is 0 Å². The van der Waals surface area contributed by atoms with Gasteiger partial charge in [0, 0.05) is 5.02 Å². The standard InChI is InChI=1S/C12H14ClN3/c1-7-8(13)4-5-9-11(7)16-12(15-9)10-3-2-6-14-10/h4-5,10,14H,2-3,6H2,1H3,(H,15,16). The number of hydrogen-bond donors (Lipinski definition) is 2. The lowest BCUT2D eigenvalue weighted by Gasteiger charge is -2.04. The normalized spacial score (nSPS) is 20.8. The van der Waals surface area contributed by atoms with E-state index in [4.69, 9.17) is 11.6 Å². The highest BCUT2D eigenvalue weighted by atomic mass is 35.5. The molecular weight excluding hydrogens is 222 g/mol. The minimum atomic E-state index is 0.380. The summed E-state index contributed by atoms with van der Waals surface area (Å²) in [4.78, 5) is 8.03. The number of fused-ring (bicyclic) bond motifs is 1. The van der Waals surface area contributed by atoms with Gasteiger partial charge in [-0.3, -0.25) is 0 Å². The zero-order valence-corrected chi connectivity index (χ0v) is 9.93. The molecule has 84 valence electrons. The van der Waals surface area contributed by atoms with E-state index in [9.17, 15) is 0 Å². The van der Waals surface area contributed by atoms with Gasteiger partial charge in [-0.15, -0.1) is 0 Å². The molecule has 3 rings (SSSR count). The lowest BCUT2D eigenvalue weighted by atomic mass is 10.2. The van der Waals surface area contributed by atoms with Crippen LogP contribution < -0.4 is 5.32 Å². The molecule has 1 fully saturated rings. The fourth-order valence-electron chi connectivity index (χ4n) is 2.29. The molecule has 3 nitrogen and oxygen atoms in total. The van der Waals surface area contributed by atoms with Crippen molar-refractivity contribution in [1.82, 2.24) is 15.3 Å². The van der Waals surface area contributed by atoms with Crippen molar-refractivity contribution in [2.75, 3.05) is 6.54 Å². The fraction of sp³-hybridized carbons (Fsp3) is 0.417. The van der Waals surface area contributed by atoms with E-state index in [2.05, 4.69) is 15.3 Å². The van der Waals surface area contributed by atoms with Crippen LogP contribution >= 0.6 is 11.6 Å². The van der Waals surface area contributed by atoms with Gasteiger partial charge in [-0.1, -0.05) is 11.6 Å². The molecule has 0 amide bonds. The van der Waals surface area contributed by atoms with E-state index in [1.807, 2.05) is 19.1 Å². The van der Waals surface area contributed by atoms with Crippen LogP contribution in [0.4, 0.5) is 0 Å². The Morgan fingerprint density at radius 2 is 2.31 bits per heavy atom. The highest BCUT2D eigenvalue weighted by Crippen LogP contribution is 2.27. The molecule has 2 heterocycles. The lowest BCUT2D eigenvalue weighted by Crippen LogP contribution is -2.14. The van der Waals surface area contributed by atoms with Crippen molar-refractivity contribution >= 4 is 22.6 Å². The molecule has 1 atom stereocenters. The Bertz CT molecular complexity index is 526. The van der Waals surface area contributed by atoms with E-state index < -0.39 is 0 Å². The van der Waals surface area contributed by atoms with Crippen molar-refractivity contribution in [2.45, 2.75) is 25.8 Å². The number of halogens is 1. The number of rotatable bonds is 1. The zero-order chi connectivity index (χ0) is 11.1. The molecular formula is C12H14ClN3. The third-order valence-corrected chi connectivity index (χ3v) is 3.66. The number of aromatic nitrogens is 2. The van der Waals surface area contributed by atoms with Crippen LogP contribution in [-0.4, -0.2) is 16.5 Å². The summed E-state index contributed by atoms with van der Waals surface area (Å²) >= 11 is 6.09. The first kappa shape index (κ1) is 10.1. The predicted octanol–water partition coefficient (Wildman–Crippen LogP) is 2.95. The Kier molecular flexibility index (Phi) is 2.37. The van der Waals surface area contributed by atoms with Crippen LogP contribution in [0.15, 0.2) is 12.1 Å². The summed E-state index contributed by atoms with van der Waals surface area (Å²) in [6.07, 6.45) is 2.38. The van der Waals surface area contributed by atoms with Crippen LogP contribution in [0.5, 0.6) is 0 Å². The SMILES string of the molecule is Cc1c(Cl)ccc2[nH]c(C3CCCN3)nc12. The first-order valence-corrected chi connectivity index (χ1v) is 6.01. The molecule has 4 heteroatoms. The highest BCUT2D eigenvalue weighted by Gasteiger charge is 2.20. The van der Waals surface area contributed by atoms with Gasteiger partial charge < -0.3 is 10.3 Å². The summed E-state index contributed by atoms with van der Waals surface area (Å²) in [5.74, 6) is 1.04. The molecule has 1 saturated heterocycles. The average Bonchev–Trinajstić information content (AvgIpc) is 2.91. The second-order valence-electron chi connectivity index (χ2n) is 4.34. The Morgan fingerprint density at radius 1 is 1.44 bits per heavy atom. The van der Waals surface area contributed by atoms with Gasteiger partial charge in [-0.05, 0) is 44.0 Å². The number of nitrogens with zero attached hydrogens (tertiary/aromatic N) is 1. The van der Waals surface area contributed by atoms with E-state index in [0.717, 1.165) is 40.4 Å². The predicted molar refractivity (Wildman–Crippen MR) is 65.8 cm³/mol. The molecule has 0 bridgehead atoms. The Hall–Kier alpha value is -1.06. The molecule has 1 aromatic heterocycles. The first-order valence-electron chi connectivity index (χ1n) is 5.64. The van der Waals surface area contributed by atoms with Crippen molar-refractivity contribution in [1.29, 1.82) is 0 Å². The van der Waals surface area contributed by atoms with E-state index in [-0.39, 0.29) is 0 Å². The highest BCUT2D eigenvalue weighted by molar-refractivity contribution is 6.32. The van der Waals surface area contributed by atoms with Crippen LogP contribution in [0.25, 0.3) is 11.0 Å². The molecule has 2 aromatic rings. The largest absolute Gasteiger partial charge is 0.341 e. The van der Waals surface area contributed by atoms with E-state index in [1.165, 1.54) is 6.42 Å². The number of aryl methyl sites for hydroxylation is 1. The molecule has 1 aliphatic rings. The maximum Gasteiger partial charge on any atom is 0.124 e. The maximum atomic E-state index is 6.09. The summed E-state index contributed by atoms with van der Waals surface area (Å²) in [6, 6.07) is 4.30. The number of imidazole rings is 1. The quantitative estimate of drug-likeness (QED) is 0.798. The van der Waals surface area contributed by atoms with Gasteiger partial charge in [-0.2, -0.15) is 0 Å². The summed E-state index contributed by atoms with van der Waals surface area (Å²) in [5, 5.41) is 4.22. The van der Waals surface area contributed by atoms with Crippen molar-refractivity contribution in [2.24, 2.45) is 0 Å². The van der Waals surface area contributed by atoms with Crippen LogP contribution in [0.1, 0.15) is 30.3 Å². The third-order valence-electron chi connectivity index (χ3n) is 3.25. The molecule has 0 aliphatic carbocycles. The molecule has 0 radical (unpaired) electrons. The number of hydrogen-bond acceptors (Lipinski definition) is 2. The zero-order valence-electron chi connectivity index (χ0n) is 9.18. The van der Waals surface area contributed by atoms with Gasteiger partial charge in [-0.25, -0.2) is 4.98 Å². The molecule has 16 heavy (non-hydrogen) atoms. The third kappa shape index (κ3) is 1.51. The maximum absolute atomic E-state index is 6.09. The van der Waals surface area contributed by atoms with Gasteiger partial charge in [0.1, 0.15) is 5.82 Å². The summed E-state index contributed by atoms with van der Waals surface area (Å²) < 4.78 is 0. The molecule has 1 unspecified atom stereocenters. The van der Waals surface area contributed by atoms with E-state index in [1.54, 1.807) is 0 Å². The van der Waals surface area contributed by atoms with Crippen LogP contribution in [-0.2, 0) is 0 Å². The minimum absolute atomic E-state index is 0.380. The Balaban J connectivity index is 2.11. The number of H-pyrrole nitrogens is 1. The Morgan fingerprint density at radius 3 is 3.06 bits per heavy atom. The number of benzene rings is 1. The lowest BCUT2D eigenvalue weighted by molar-refractivity contribution is 0.614. The Labute approximate surface area is 99.2 Å². The second kappa shape index (κ2) is 3.75. The van der Waals surface area contributed by atoms with Gasteiger partial charge in [0.15, 0.2) is 0 Å². The minimum Gasteiger partial charge on any atom is -0.341 e. The molecule has 1 aromatic carbocycles. The van der Waals surface area contributed by atoms with E-state index >= 15 is 0 Å². The van der Waals surface area contributed by atoms with Gasteiger partial charge >= 0.3 is 0 Å². The number of nitrogens with one attached hydrogen (secondary N) is 2. The molecule has 0 spiro atoms. The van der Waals surface area contributed by atoms with Crippen molar-refractivity contribution in [3.63, 3.8) is 0 Å². The first-order chi connectivity index (χ1) is 7.75. The molecule has 2 N–H and O–H groups in total. The fourth-order valence-corrected chi connectivity index (χ4v) is 2.44. The van der Waals surface area contributed by atoms with Gasteiger partial charge in [0.25, 0.3) is 0 Å². The van der Waals surface area contributed by atoms with Crippen LogP contribution in [0.2, 0.25) is 5.02 Å². The van der Waals surface area contributed by atoms with Gasteiger partial charge in [0.05, 0.1) is 17.1 Å². The van der Waals surface area contributed by atoms with Crippen LogP contribution in [0, 0.1) is 6.92 Å². The average molecular weight is 236 g/mol. The smallest absolute Gasteiger partial charge is 0.124 e. The summed E-state index contributed by atoms with van der Waals surface area (Å²) in [6.45, 7) is 3.10. The summed E-state index contributed by atoms with van der Waals surface area (Å²) in [5.41, 5.74) is 3.13. The topological polar surface area (TPSA) is 40.7 Å². The monoisotopic (exact) mass is 235 g/mol. The molecule has 0 saturated carbocycles. The second-order valence-corrected chi connectivity index (χ2v) is 4.75. The van der Waals surface area contributed by atoms with Gasteiger partial charge in [0.2, 0.25) is 0 Å². The van der Waals surface area contributed by atoms with Crippen molar-refractivity contribution in [3.05, 3.63) is 28.5 Å². The van der Waals surface area contributed by atoms with E-state index in [0.29, 0.717) is 6.04 Å². The van der Waals surface area contributed by atoms with Crippen molar-refractivity contribution in [3.8, 4) is 0 Å².